The lowest BCUT2D eigenvalue weighted by molar-refractivity contribution is -0.132. The third-order valence-corrected chi connectivity index (χ3v) is 4.21. The van der Waals surface area contributed by atoms with Gasteiger partial charge in [0.05, 0.1) is 0 Å². The van der Waals surface area contributed by atoms with Crippen LogP contribution in [0.25, 0.3) is 0 Å². The molecule has 0 aliphatic heterocycles. The Balaban J connectivity index is 1.75. The molecule has 0 radical (unpaired) electrons. The van der Waals surface area contributed by atoms with E-state index in [4.69, 9.17) is 4.74 Å². The molecule has 27 heavy (non-hydrogen) atoms. The Morgan fingerprint density at radius 2 is 1.59 bits per heavy atom. The smallest absolute Gasteiger partial charge is 0.279 e. The first-order valence-corrected chi connectivity index (χ1v) is 9.15. The van der Waals surface area contributed by atoms with Gasteiger partial charge in [-0.3, -0.25) is 20.4 Å². The van der Waals surface area contributed by atoms with Gasteiger partial charge in [0, 0.05) is 6.42 Å². The van der Waals surface area contributed by atoms with Crippen molar-refractivity contribution in [1.29, 1.82) is 0 Å². The summed E-state index contributed by atoms with van der Waals surface area (Å²) in [5.41, 5.74) is 7.17. The van der Waals surface area contributed by atoms with Gasteiger partial charge in [0.25, 0.3) is 5.91 Å². The van der Waals surface area contributed by atoms with E-state index in [1.807, 2.05) is 54.6 Å². The van der Waals surface area contributed by atoms with Gasteiger partial charge in [-0.1, -0.05) is 63.2 Å². The van der Waals surface area contributed by atoms with Crippen LogP contribution in [-0.4, -0.2) is 17.9 Å². The molecule has 0 spiro atoms. The SMILES string of the molecule is CC(Oc1ccc(C(C)(C)C)cc1)C(=O)NNC(=O)CCc1ccccc1. The van der Waals surface area contributed by atoms with E-state index in [-0.39, 0.29) is 11.3 Å². The number of hydrazine groups is 1. The number of amides is 2. The number of hydrogen-bond donors (Lipinski definition) is 2. The van der Waals surface area contributed by atoms with Crippen LogP contribution in [0.5, 0.6) is 5.75 Å². The van der Waals surface area contributed by atoms with Crippen LogP contribution in [0.15, 0.2) is 54.6 Å². The molecule has 0 bridgehead atoms. The van der Waals surface area contributed by atoms with Gasteiger partial charge in [-0.25, -0.2) is 0 Å². The first-order chi connectivity index (χ1) is 12.8. The van der Waals surface area contributed by atoms with Crippen molar-refractivity contribution in [2.45, 2.75) is 52.1 Å². The minimum absolute atomic E-state index is 0.0611. The maximum Gasteiger partial charge on any atom is 0.279 e. The highest BCUT2D eigenvalue weighted by atomic mass is 16.5. The number of carbonyl (C=O) groups excluding carboxylic acids is 2. The van der Waals surface area contributed by atoms with Gasteiger partial charge in [0.2, 0.25) is 5.91 Å². The second-order valence-electron chi connectivity index (χ2n) is 7.56. The van der Waals surface area contributed by atoms with Gasteiger partial charge in [-0.05, 0) is 42.0 Å². The molecule has 2 rings (SSSR count). The Morgan fingerprint density at radius 3 is 2.19 bits per heavy atom. The molecule has 2 aromatic carbocycles. The van der Waals surface area contributed by atoms with Crippen molar-refractivity contribution >= 4 is 11.8 Å². The van der Waals surface area contributed by atoms with Gasteiger partial charge >= 0.3 is 0 Å². The third kappa shape index (κ3) is 6.77. The number of benzene rings is 2. The molecule has 0 saturated heterocycles. The second kappa shape index (κ2) is 9.21. The average molecular weight is 368 g/mol. The van der Waals surface area contributed by atoms with E-state index >= 15 is 0 Å². The highest BCUT2D eigenvalue weighted by Crippen LogP contribution is 2.24. The molecule has 2 amide bonds. The topological polar surface area (TPSA) is 67.4 Å². The predicted molar refractivity (Wildman–Crippen MR) is 106 cm³/mol. The Labute approximate surface area is 161 Å². The van der Waals surface area contributed by atoms with Crippen molar-refractivity contribution in [3.63, 3.8) is 0 Å². The fourth-order valence-electron chi connectivity index (χ4n) is 2.49. The summed E-state index contributed by atoms with van der Waals surface area (Å²) in [6.45, 7) is 8.06. The van der Waals surface area contributed by atoms with Crippen LogP contribution in [0.2, 0.25) is 0 Å². The van der Waals surface area contributed by atoms with Crippen molar-refractivity contribution in [2.24, 2.45) is 0 Å². The van der Waals surface area contributed by atoms with Crippen LogP contribution >= 0.6 is 0 Å². The number of nitrogens with one attached hydrogen (secondary N) is 2. The molecule has 0 aromatic heterocycles. The first-order valence-electron chi connectivity index (χ1n) is 9.15. The average Bonchev–Trinajstić information content (AvgIpc) is 2.65. The number of carbonyl (C=O) groups is 2. The lowest BCUT2D eigenvalue weighted by Crippen LogP contribution is -2.47. The molecule has 0 heterocycles. The van der Waals surface area contributed by atoms with Gasteiger partial charge in [0.15, 0.2) is 6.10 Å². The lowest BCUT2D eigenvalue weighted by atomic mass is 9.87. The van der Waals surface area contributed by atoms with Crippen molar-refractivity contribution in [1.82, 2.24) is 10.9 Å². The quantitative estimate of drug-likeness (QED) is 0.767. The van der Waals surface area contributed by atoms with Crippen LogP contribution in [0.3, 0.4) is 0 Å². The van der Waals surface area contributed by atoms with Gasteiger partial charge in [-0.2, -0.15) is 0 Å². The minimum Gasteiger partial charge on any atom is -0.481 e. The molecule has 0 saturated carbocycles. The second-order valence-corrected chi connectivity index (χ2v) is 7.56. The largest absolute Gasteiger partial charge is 0.481 e. The summed E-state index contributed by atoms with van der Waals surface area (Å²) in [4.78, 5) is 24.0. The molecule has 0 aliphatic carbocycles. The van der Waals surface area contributed by atoms with Crippen molar-refractivity contribution in [3.8, 4) is 5.75 Å². The third-order valence-electron chi connectivity index (χ3n) is 4.21. The Hall–Kier alpha value is -2.82. The zero-order chi connectivity index (χ0) is 19.9. The molecule has 0 aliphatic rings. The van der Waals surface area contributed by atoms with Crippen molar-refractivity contribution in [3.05, 3.63) is 65.7 Å². The fourth-order valence-corrected chi connectivity index (χ4v) is 2.49. The zero-order valence-corrected chi connectivity index (χ0v) is 16.4. The summed E-state index contributed by atoms with van der Waals surface area (Å²) in [6, 6.07) is 17.4. The van der Waals surface area contributed by atoms with E-state index in [0.717, 1.165) is 5.56 Å². The standard InChI is InChI=1S/C22H28N2O3/c1-16(27-19-13-11-18(12-14-19)22(2,3)4)21(26)24-23-20(25)15-10-17-8-6-5-7-9-17/h5-9,11-14,16H,10,15H2,1-4H3,(H,23,25)(H,24,26). The first kappa shape index (κ1) is 20.5. The summed E-state index contributed by atoms with van der Waals surface area (Å²) in [7, 11) is 0. The zero-order valence-electron chi connectivity index (χ0n) is 16.4. The maximum absolute atomic E-state index is 12.1. The van der Waals surface area contributed by atoms with Crippen LogP contribution < -0.4 is 15.6 Å². The summed E-state index contributed by atoms with van der Waals surface area (Å²) < 4.78 is 5.64. The predicted octanol–water partition coefficient (Wildman–Crippen LogP) is 3.53. The molecule has 2 N–H and O–H groups in total. The van der Waals surface area contributed by atoms with E-state index in [1.165, 1.54) is 5.56 Å². The van der Waals surface area contributed by atoms with E-state index in [1.54, 1.807) is 6.92 Å². The molecular weight excluding hydrogens is 340 g/mol. The van der Waals surface area contributed by atoms with Crippen LogP contribution in [0.1, 0.15) is 45.2 Å². The lowest BCUT2D eigenvalue weighted by Gasteiger charge is -2.20. The van der Waals surface area contributed by atoms with E-state index in [9.17, 15) is 9.59 Å². The number of aryl methyl sites for hydroxylation is 1. The molecular formula is C22H28N2O3. The fraction of sp³-hybridized carbons (Fsp3) is 0.364. The normalized spacial score (nSPS) is 12.1. The Bertz CT molecular complexity index is 749. The molecule has 5 heteroatoms. The Kier molecular flexibility index (Phi) is 6.99. The number of ether oxygens (including phenoxy) is 1. The van der Waals surface area contributed by atoms with E-state index in [2.05, 4.69) is 31.6 Å². The molecule has 2 aromatic rings. The van der Waals surface area contributed by atoms with Gasteiger partial charge < -0.3 is 4.74 Å². The van der Waals surface area contributed by atoms with Gasteiger partial charge in [-0.15, -0.1) is 0 Å². The van der Waals surface area contributed by atoms with Crippen molar-refractivity contribution < 1.29 is 14.3 Å². The van der Waals surface area contributed by atoms with E-state index < -0.39 is 12.0 Å². The summed E-state index contributed by atoms with van der Waals surface area (Å²) in [5, 5.41) is 0. The maximum atomic E-state index is 12.1. The minimum atomic E-state index is -0.722. The summed E-state index contributed by atoms with van der Waals surface area (Å²) in [5.74, 6) is -0.0297. The highest BCUT2D eigenvalue weighted by molar-refractivity contribution is 5.84. The molecule has 1 atom stereocenters. The van der Waals surface area contributed by atoms with Crippen LogP contribution in [0.4, 0.5) is 0 Å². The highest BCUT2D eigenvalue weighted by Gasteiger charge is 2.17. The molecule has 5 nitrogen and oxygen atoms in total. The van der Waals surface area contributed by atoms with Crippen molar-refractivity contribution in [2.75, 3.05) is 0 Å². The summed E-state index contributed by atoms with van der Waals surface area (Å²) in [6.07, 6.45) is 0.197. The number of rotatable bonds is 6. The molecule has 144 valence electrons. The monoisotopic (exact) mass is 368 g/mol. The molecule has 1 unspecified atom stereocenters. The van der Waals surface area contributed by atoms with Gasteiger partial charge in [0.1, 0.15) is 5.75 Å². The van der Waals surface area contributed by atoms with E-state index in [0.29, 0.717) is 18.6 Å². The number of hydrogen-bond acceptors (Lipinski definition) is 3. The van der Waals surface area contributed by atoms with Crippen LogP contribution in [-0.2, 0) is 21.4 Å². The van der Waals surface area contributed by atoms with Crippen LogP contribution in [0, 0.1) is 0 Å². The molecule has 0 fully saturated rings. The summed E-state index contributed by atoms with van der Waals surface area (Å²) >= 11 is 0. The Morgan fingerprint density at radius 1 is 0.963 bits per heavy atom.